The van der Waals surface area contributed by atoms with Crippen LogP contribution in [-0.4, -0.2) is 21.0 Å². The number of hydrogen-bond acceptors (Lipinski definition) is 6. The molecule has 0 aliphatic heterocycles. The monoisotopic (exact) mass is 446 g/mol. The predicted molar refractivity (Wildman–Crippen MR) is 121 cm³/mol. The topological polar surface area (TPSA) is 72.1 Å². The number of aromatic nitrogens is 3. The maximum atomic E-state index is 13.5. The Labute approximate surface area is 186 Å². The van der Waals surface area contributed by atoms with E-state index < -0.39 is 0 Å². The molecule has 8 heteroatoms. The van der Waals surface area contributed by atoms with E-state index in [1.807, 2.05) is 60.7 Å². The number of carbonyl (C=O) groups is 1. The lowest BCUT2D eigenvalue weighted by atomic mass is 10.1. The first-order chi connectivity index (χ1) is 15.2. The van der Waals surface area contributed by atoms with E-state index in [0.717, 1.165) is 21.5 Å². The summed E-state index contributed by atoms with van der Waals surface area (Å²) in [5.74, 6) is 0.208. The van der Waals surface area contributed by atoms with E-state index in [1.54, 1.807) is 23.2 Å². The molecule has 2 aromatic carbocycles. The van der Waals surface area contributed by atoms with E-state index in [0.29, 0.717) is 15.9 Å². The van der Waals surface area contributed by atoms with Gasteiger partial charge in [-0.3, -0.25) is 14.7 Å². The molecule has 0 radical (unpaired) electrons. The van der Waals surface area contributed by atoms with Gasteiger partial charge in [-0.05, 0) is 30.3 Å². The highest BCUT2D eigenvalue weighted by Crippen LogP contribution is 2.32. The molecule has 3 heterocycles. The van der Waals surface area contributed by atoms with Crippen molar-refractivity contribution in [2.45, 2.75) is 6.54 Å². The number of rotatable bonds is 5. The van der Waals surface area contributed by atoms with Crippen molar-refractivity contribution in [1.29, 1.82) is 0 Å². The molecule has 5 aromatic rings. The van der Waals surface area contributed by atoms with Gasteiger partial charge in [0, 0.05) is 22.8 Å². The SMILES string of the molecule is O=C(c1cc(-c2ccccc2)on1)N(Cc1ccccn1)c1nc2ccc(Cl)cc2s1. The number of anilines is 1. The van der Waals surface area contributed by atoms with Crippen molar-refractivity contribution in [2.24, 2.45) is 0 Å². The van der Waals surface area contributed by atoms with Crippen molar-refractivity contribution in [1.82, 2.24) is 15.1 Å². The van der Waals surface area contributed by atoms with Crippen molar-refractivity contribution in [3.8, 4) is 11.3 Å². The minimum absolute atomic E-state index is 0.201. The number of fused-ring (bicyclic) bond motifs is 1. The van der Waals surface area contributed by atoms with E-state index in [-0.39, 0.29) is 18.1 Å². The van der Waals surface area contributed by atoms with Crippen molar-refractivity contribution in [2.75, 3.05) is 4.90 Å². The molecule has 0 unspecified atom stereocenters. The van der Waals surface area contributed by atoms with Crippen LogP contribution in [0.4, 0.5) is 5.13 Å². The second-order valence-electron chi connectivity index (χ2n) is 6.76. The Morgan fingerprint density at radius 3 is 2.68 bits per heavy atom. The fourth-order valence-electron chi connectivity index (χ4n) is 3.13. The maximum Gasteiger partial charge on any atom is 0.282 e. The average Bonchev–Trinajstić information content (AvgIpc) is 3.45. The zero-order valence-corrected chi connectivity index (χ0v) is 17.7. The molecule has 0 atom stereocenters. The number of pyridine rings is 1. The Bertz CT molecular complexity index is 1350. The third kappa shape index (κ3) is 4.05. The van der Waals surface area contributed by atoms with Gasteiger partial charge < -0.3 is 4.52 Å². The first-order valence-electron chi connectivity index (χ1n) is 9.47. The van der Waals surface area contributed by atoms with Crippen LogP contribution in [0.2, 0.25) is 5.02 Å². The second kappa shape index (κ2) is 8.29. The molecule has 0 saturated heterocycles. The molecule has 3 aromatic heterocycles. The van der Waals surface area contributed by atoms with Crippen LogP contribution in [0.5, 0.6) is 0 Å². The molecule has 0 aliphatic rings. The van der Waals surface area contributed by atoms with Crippen LogP contribution in [0.25, 0.3) is 21.5 Å². The molecule has 0 aliphatic carbocycles. The Morgan fingerprint density at radius 1 is 1.03 bits per heavy atom. The number of amides is 1. The van der Waals surface area contributed by atoms with Gasteiger partial charge in [0.25, 0.3) is 5.91 Å². The molecule has 5 rings (SSSR count). The lowest BCUT2D eigenvalue weighted by Gasteiger charge is -2.18. The van der Waals surface area contributed by atoms with Crippen molar-refractivity contribution in [3.05, 3.63) is 95.4 Å². The third-order valence-electron chi connectivity index (χ3n) is 4.65. The van der Waals surface area contributed by atoms with Gasteiger partial charge in [-0.1, -0.05) is 64.5 Å². The highest BCUT2D eigenvalue weighted by molar-refractivity contribution is 7.22. The molecule has 31 heavy (non-hydrogen) atoms. The average molecular weight is 447 g/mol. The Balaban J connectivity index is 1.53. The number of nitrogens with zero attached hydrogens (tertiary/aromatic N) is 4. The summed E-state index contributed by atoms with van der Waals surface area (Å²) >= 11 is 7.51. The first kappa shape index (κ1) is 19.4. The number of halogens is 1. The van der Waals surface area contributed by atoms with Gasteiger partial charge in [0.15, 0.2) is 16.6 Å². The Morgan fingerprint density at radius 2 is 1.87 bits per heavy atom. The maximum absolute atomic E-state index is 13.5. The molecule has 0 saturated carbocycles. The zero-order chi connectivity index (χ0) is 21.2. The number of carbonyl (C=O) groups excluding carboxylic acids is 1. The summed E-state index contributed by atoms with van der Waals surface area (Å²) in [6.45, 7) is 0.251. The number of hydrogen-bond donors (Lipinski definition) is 0. The van der Waals surface area contributed by atoms with Crippen LogP contribution >= 0.6 is 22.9 Å². The summed E-state index contributed by atoms with van der Waals surface area (Å²) in [5.41, 5.74) is 2.56. The lowest BCUT2D eigenvalue weighted by molar-refractivity contribution is 0.0976. The molecule has 0 fully saturated rings. The summed E-state index contributed by atoms with van der Waals surface area (Å²) in [5, 5.41) is 5.18. The van der Waals surface area contributed by atoms with E-state index in [4.69, 9.17) is 16.1 Å². The van der Waals surface area contributed by atoms with Gasteiger partial charge in [-0.2, -0.15) is 0 Å². The molecule has 6 nitrogen and oxygen atoms in total. The molecular formula is C23H15ClN4O2S. The molecule has 0 bridgehead atoms. The summed E-state index contributed by atoms with van der Waals surface area (Å²) in [6.07, 6.45) is 1.69. The summed E-state index contributed by atoms with van der Waals surface area (Å²) in [4.78, 5) is 24.0. The van der Waals surface area contributed by atoms with Gasteiger partial charge in [-0.15, -0.1) is 0 Å². The van der Waals surface area contributed by atoms with Crippen molar-refractivity contribution < 1.29 is 9.32 Å². The van der Waals surface area contributed by atoms with Crippen LogP contribution in [0.15, 0.2) is 83.5 Å². The smallest absolute Gasteiger partial charge is 0.282 e. The summed E-state index contributed by atoms with van der Waals surface area (Å²) < 4.78 is 6.33. The van der Waals surface area contributed by atoms with Crippen LogP contribution in [-0.2, 0) is 6.54 Å². The van der Waals surface area contributed by atoms with Gasteiger partial charge in [0.05, 0.1) is 22.5 Å². The molecule has 0 spiro atoms. The van der Waals surface area contributed by atoms with E-state index >= 15 is 0 Å². The van der Waals surface area contributed by atoms with Crippen LogP contribution in [0, 0.1) is 0 Å². The van der Waals surface area contributed by atoms with Gasteiger partial charge >= 0.3 is 0 Å². The third-order valence-corrected chi connectivity index (χ3v) is 5.93. The largest absolute Gasteiger partial charge is 0.355 e. The highest BCUT2D eigenvalue weighted by atomic mass is 35.5. The minimum atomic E-state index is -0.318. The van der Waals surface area contributed by atoms with E-state index in [2.05, 4.69) is 15.1 Å². The molecular weight excluding hydrogens is 432 g/mol. The highest BCUT2D eigenvalue weighted by Gasteiger charge is 2.25. The van der Waals surface area contributed by atoms with Gasteiger partial charge in [0.1, 0.15) is 0 Å². The standard InChI is InChI=1S/C23H15ClN4O2S/c24-16-9-10-18-21(12-16)31-23(26-18)28(14-17-8-4-5-11-25-17)22(29)19-13-20(30-27-19)15-6-2-1-3-7-15/h1-13H,14H2. The normalized spacial score (nSPS) is 11.0. The molecule has 152 valence electrons. The lowest BCUT2D eigenvalue weighted by Crippen LogP contribution is -2.31. The van der Waals surface area contributed by atoms with Crippen LogP contribution in [0.1, 0.15) is 16.2 Å². The fourth-order valence-corrected chi connectivity index (χ4v) is 4.37. The fraction of sp³-hybridized carbons (Fsp3) is 0.0435. The van der Waals surface area contributed by atoms with Gasteiger partial charge in [0.2, 0.25) is 0 Å². The van der Waals surface area contributed by atoms with E-state index in [9.17, 15) is 4.79 Å². The summed E-state index contributed by atoms with van der Waals surface area (Å²) in [7, 11) is 0. The first-order valence-corrected chi connectivity index (χ1v) is 10.7. The number of benzene rings is 2. The number of thiazole rings is 1. The van der Waals surface area contributed by atoms with Crippen molar-refractivity contribution >= 4 is 44.2 Å². The van der Waals surface area contributed by atoms with Gasteiger partial charge in [-0.25, -0.2) is 4.98 Å². The van der Waals surface area contributed by atoms with Crippen molar-refractivity contribution in [3.63, 3.8) is 0 Å². The van der Waals surface area contributed by atoms with Crippen LogP contribution < -0.4 is 4.90 Å². The van der Waals surface area contributed by atoms with Crippen LogP contribution in [0.3, 0.4) is 0 Å². The minimum Gasteiger partial charge on any atom is -0.355 e. The van der Waals surface area contributed by atoms with E-state index in [1.165, 1.54) is 11.3 Å². The second-order valence-corrected chi connectivity index (χ2v) is 8.21. The Kier molecular flexibility index (Phi) is 5.19. The zero-order valence-electron chi connectivity index (χ0n) is 16.1. The summed E-state index contributed by atoms with van der Waals surface area (Å²) in [6, 6.07) is 22.2. The molecule has 0 N–H and O–H groups in total. The predicted octanol–water partition coefficient (Wildman–Crippen LogP) is 5.85. The molecule has 1 amide bonds. The Hall–Kier alpha value is -3.55. The quantitative estimate of drug-likeness (QED) is 0.338.